The van der Waals surface area contributed by atoms with Gasteiger partial charge in [-0.1, -0.05) is 24.3 Å². The Morgan fingerprint density at radius 2 is 1.96 bits per heavy atom. The van der Waals surface area contributed by atoms with Crippen LogP contribution in [0.25, 0.3) is 10.9 Å². The highest BCUT2D eigenvalue weighted by molar-refractivity contribution is 5.81. The highest BCUT2D eigenvalue weighted by Crippen LogP contribution is 2.17. The van der Waals surface area contributed by atoms with Crippen molar-refractivity contribution in [1.29, 1.82) is 0 Å². The summed E-state index contributed by atoms with van der Waals surface area (Å²) >= 11 is 0. The molecular weight excluding hydrogens is 302 g/mol. The van der Waals surface area contributed by atoms with Gasteiger partial charge in [-0.3, -0.25) is 14.7 Å². The monoisotopic (exact) mass is 325 g/mol. The normalized spacial score (nSPS) is 22.2. The molecular formula is C19H23N3O2. The molecule has 0 aliphatic carbocycles. The molecule has 1 atom stereocenters. The Kier molecular flexibility index (Phi) is 4.45. The molecule has 5 nitrogen and oxygen atoms in total. The molecule has 1 aromatic heterocycles. The topological polar surface area (TPSA) is 45.7 Å². The lowest BCUT2D eigenvalue weighted by atomic mass is 10.2. The summed E-state index contributed by atoms with van der Waals surface area (Å²) in [5.74, 6) is 0.177. The van der Waals surface area contributed by atoms with Gasteiger partial charge in [0.25, 0.3) is 5.91 Å². The fraction of sp³-hybridized carbons (Fsp3) is 0.474. The van der Waals surface area contributed by atoms with Crippen LogP contribution in [0, 0.1) is 0 Å². The number of aromatic nitrogens is 1. The zero-order chi connectivity index (χ0) is 16.4. The van der Waals surface area contributed by atoms with E-state index in [1.807, 2.05) is 17.0 Å². The van der Waals surface area contributed by atoms with Gasteiger partial charge >= 0.3 is 0 Å². The summed E-state index contributed by atoms with van der Waals surface area (Å²) < 4.78 is 5.52. The largest absolute Gasteiger partial charge is 0.368 e. The van der Waals surface area contributed by atoms with Crippen LogP contribution < -0.4 is 0 Å². The number of nitrogens with zero attached hydrogens (tertiary/aromatic N) is 3. The van der Waals surface area contributed by atoms with E-state index in [0.29, 0.717) is 0 Å². The molecule has 2 aromatic rings. The lowest BCUT2D eigenvalue weighted by Gasteiger charge is -2.35. The number of rotatable bonds is 3. The number of amides is 1. The van der Waals surface area contributed by atoms with E-state index in [4.69, 9.17) is 9.72 Å². The Morgan fingerprint density at radius 1 is 1.12 bits per heavy atom. The van der Waals surface area contributed by atoms with Gasteiger partial charge in [0.05, 0.1) is 11.2 Å². The van der Waals surface area contributed by atoms with Gasteiger partial charge in [0, 0.05) is 44.7 Å². The smallest absolute Gasteiger partial charge is 0.251 e. The number of hydrogen-bond donors (Lipinski definition) is 0. The van der Waals surface area contributed by atoms with Crippen LogP contribution in [-0.4, -0.2) is 59.6 Å². The second-order valence-electron chi connectivity index (χ2n) is 6.60. The van der Waals surface area contributed by atoms with E-state index in [-0.39, 0.29) is 12.0 Å². The number of ether oxygens (including phenoxy) is 1. The van der Waals surface area contributed by atoms with Gasteiger partial charge in [-0.05, 0) is 25.0 Å². The minimum Gasteiger partial charge on any atom is -0.368 e. The van der Waals surface area contributed by atoms with Gasteiger partial charge in [0.15, 0.2) is 0 Å². The van der Waals surface area contributed by atoms with Crippen LogP contribution in [0.5, 0.6) is 0 Å². The van der Waals surface area contributed by atoms with E-state index >= 15 is 0 Å². The number of hydrogen-bond acceptors (Lipinski definition) is 4. The Bertz CT molecular complexity index is 719. The van der Waals surface area contributed by atoms with Gasteiger partial charge in [-0.15, -0.1) is 0 Å². The zero-order valence-electron chi connectivity index (χ0n) is 13.9. The maximum absolute atomic E-state index is 12.4. The fourth-order valence-corrected chi connectivity index (χ4v) is 3.53. The van der Waals surface area contributed by atoms with Crippen LogP contribution in [0.15, 0.2) is 36.4 Å². The molecule has 0 spiro atoms. The number of pyridine rings is 1. The molecule has 1 amide bonds. The second-order valence-corrected chi connectivity index (χ2v) is 6.60. The van der Waals surface area contributed by atoms with Crippen LogP contribution in [0.1, 0.15) is 18.5 Å². The molecule has 24 heavy (non-hydrogen) atoms. The van der Waals surface area contributed by atoms with Crippen molar-refractivity contribution >= 4 is 16.8 Å². The molecule has 0 radical (unpaired) electrons. The standard InChI is InChI=1S/C19H23N3O2/c23-19(18-6-3-13-24-18)22-11-9-21(10-12-22)14-16-8-7-15-4-1-2-5-17(15)20-16/h1-2,4-5,7-8,18H,3,6,9-14H2/t18-/m0/s1. The Balaban J connectivity index is 1.34. The third kappa shape index (κ3) is 3.28. The molecule has 0 bridgehead atoms. The predicted octanol–water partition coefficient (Wildman–Crippen LogP) is 2.06. The molecule has 5 heteroatoms. The third-order valence-electron chi connectivity index (χ3n) is 4.93. The van der Waals surface area contributed by atoms with Crippen molar-refractivity contribution in [3.8, 4) is 0 Å². The summed E-state index contributed by atoms with van der Waals surface area (Å²) in [6.45, 7) is 4.93. The van der Waals surface area contributed by atoms with E-state index in [1.165, 1.54) is 5.39 Å². The Morgan fingerprint density at radius 3 is 2.75 bits per heavy atom. The summed E-state index contributed by atoms with van der Waals surface area (Å²) in [6.07, 6.45) is 1.68. The summed E-state index contributed by atoms with van der Waals surface area (Å²) in [6, 6.07) is 12.4. The van der Waals surface area contributed by atoms with Crippen molar-refractivity contribution in [3.63, 3.8) is 0 Å². The van der Waals surface area contributed by atoms with Crippen molar-refractivity contribution < 1.29 is 9.53 Å². The number of para-hydroxylation sites is 1. The number of fused-ring (bicyclic) bond motifs is 1. The van der Waals surface area contributed by atoms with Crippen molar-refractivity contribution in [2.45, 2.75) is 25.5 Å². The van der Waals surface area contributed by atoms with Crippen LogP contribution in [-0.2, 0) is 16.1 Å². The quantitative estimate of drug-likeness (QED) is 0.866. The first-order valence-corrected chi connectivity index (χ1v) is 8.77. The summed E-state index contributed by atoms with van der Waals surface area (Å²) in [7, 11) is 0. The second kappa shape index (κ2) is 6.87. The predicted molar refractivity (Wildman–Crippen MR) is 92.6 cm³/mol. The van der Waals surface area contributed by atoms with Crippen LogP contribution in [0.2, 0.25) is 0 Å². The molecule has 4 rings (SSSR count). The van der Waals surface area contributed by atoms with Gasteiger partial charge in [0.2, 0.25) is 0 Å². The highest BCUT2D eigenvalue weighted by atomic mass is 16.5. The Hall–Kier alpha value is -1.98. The number of carbonyl (C=O) groups excluding carboxylic acids is 1. The highest BCUT2D eigenvalue weighted by Gasteiger charge is 2.30. The molecule has 2 aliphatic heterocycles. The average Bonchev–Trinajstić information content (AvgIpc) is 3.16. The van der Waals surface area contributed by atoms with Gasteiger partial charge < -0.3 is 9.64 Å². The maximum atomic E-state index is 12.4. The summed E-state index contributed by atoms with van der Waals surface area (Å²) in [5.41, 5.74) is 2.13. The minimum atomic E-state index is -0.196. The number of carbonyl (C=O) groups is 1. The zero-order valence-corrected chi connectivity index (χ0v) is 13.9. The number of benzene rings is 1. The van der Waals surface area contributed by atoms with Crippen molar-refractivity contribution in [3.05, 3.63) is 42.1 Å². The maximum Gasteiger partial charge on any atom is 0.251 e. The molecule has 0 saturated carbocycles. The average molecular weight is 325 g/mol. The lowest BCUT2D eigenvalue weighted by Crippen LogP contribution is -2.51. The lowest BCUT2D eigenvalue weighted by molar-refractivity contribution is -0.142. The SMILES string of the molecule is O=C([C@@H]1CCCO1)N1CCN(Cc2ccc3ccccc3n2)CC1. The van der Waals surface area contributed by atoms with Crippen molar-refractivity contribution in [2.75, 3.05) is 32.8 Å². The summed E-state index contributed by atoms with van der Waals surface area (Å²) in [5, 5.41) is 1.17. The molecule has 1 aromatic carbocycles. The molecule has 126 valence electrons. The first-order valence-electron chi connectivity index (χ1n) is 8.77. The molecule has 2 aliphatic rings. The molecule has 0 N–H and O–H groups in total. The van der Waals surface area contributed by atoms with E-state index in [9.17, 15) is 4.79 Å². The fourth-order valence-electron chi connectivity index (χ4n) is 3.53. The van der Waals surface area contributed by atoms with Crippen LogP contribution in [0.4, 0.5) is 0 Å². The first-order chi connectivity index (χ1) is 11.8. The van der Waals surface area contributed by atoms with Crippen molar-refractivity contribution in [1.82, 2.24) is 14.8 Å². The Labute approximate surface area is 142 Å². The van der Waals surface area contributed by atoms with Crippen LogP contribution in [0.3, 0.4) is 0 Å². The number of piperazine rings is 1. The molecule has 2 fully saturated rings. The molecule has 3 heterocycles. The first kappa shape index (κ1) is 15.5. The molecule has 2 saturated heterocycles. The minimum absolute atomic E-state index is 0.177. The van der Waals surface area contributed by atoms with Gasteiger partial charge in [0.1, 0.15) is 6.10 Å². The third-order valence-corrected chi connectivity index (χ3v) is 4.93. The van der Waals surface area contributed by atoms with Crippen LogP contribution >= 0.6 is 0 Å². The summed E-state index contributed by atoms with van der Waals surface area (Å²) in [4.78, 5) is 21.5. The van der Waals surface area contributed by atoms with E-state index in [2.05, 4.69) is 29.2 Å². The van der Waals surface area contributed by atoms with E-state index < -0.39 is 0 Å². The molecule has 0 unspecified atom stereocenters. The van der Waals surface area contributed by atoms with Gasteiger partial charge in [-0.25, -0.2) is 0 Å². The van der Waals surface area contributed by atoms with E-state index in [0.717, 1.165) is 63.4 Å². The van der Waals surface area contributed by atoms with E-state index in [1.54, 1.807) is 0 Å². The van der Waals surface area contributed by atoms with Crippen molar-refractivity contribution in [2.24, 2.45) is 0 Å². The van der Waals surface area contributed by atoms with Gasteiger partial charge in [-0.2, -0.15) is 0 Å².